The molecule has 2 rings (SSSR count). The van der Waals surface area contributed by atoms with E-state index in [9.17, 15) is 8.42 Å². The summed E-state index contributed by atoms with van der Waals surface area (Å²) in [5.74, 6) is 0.111. The Morgan fingerprint density at radius 3 is 2.14 bits per heavy atom. The number of fused-ring (bicyclic) bond motifs is 1. The molecule has 0 atom stereocenters. The zero-order valence-electron chi connectivity index (χ0n) is 12.3. The standard InChI is InChI=1S/C16H20O3S.Na.H/c1-11(2)14-10-9-13-7-5-6-8-15(13)16(14)20(17,18)19-12(3)4;;/h5-12H,1-4H3;;. The van der Waals surface area contributed by atoms with Gasteiger partial charge in [0.15, 0.2) is 0 Å². The molecular weight excluding hydrogens is 295 g/mol. The van der Waals surface area contributed by atoms with Crippen LogP contribution in [0.25, 0.3) is 10.8 Å². The average Bonchev–Trinajstić information content (AvgIpc) is 2.35. The Bertz CT molecular complexity index is 721. The summed E-state index contributed by atoms with van der Waals surface area (Å²) < 4.78 is 30.3. The minimum atomic E-state index is -3.76. The molecule has 0 aromatic heterocycles. The molecule has 3 nitrogen and oxygen atoms in total. The van der Waals surface area contributed by atoms with Crippen molar-refractivity contribution in [3.63, 3.8) is 0 Å². The Balaban J connectivity index is 0.00000220. The predicted molar refractivity (Wildman–Crippen MR) is 88.6 cm³/mol. The van der Waals surface area contributed by atoms with E-state index in [4.69, 9.17) is 4.18 Å². The van der Waals surface area contributed by atoms with E-state index in [1.807, 2.05) is 50.2 Å². The molecule has 0 bridgehead atoms. The average molecular weight is 316 g/mol. The van der Waals surface area contributed by atoms with Crippen LogP contribution in [0.15, 0.2) is 41.3 Å². The monoisotopic (exact) mass is 316 g/mol. The summed E-state index contributed by atoms with van der Waals surface area (Å²) in [6.07, 6.45) is -0.376. The zero-order chi connectivity index (χ0) is 14.9. The third-order valence-corrected chi connectivity index (χ3v) is 4.70. The van der Waals surface area contributed by atoms with Crippen LogP contribution in [0.3, 0.4) is 0 Å². The summed E-state index contributed by atoms with van der Waals surface area (Å²) in [5, 5.41) is 1.63. The summed E-state index contributed by atoms with van der Waals surface area (Å²) in [6.45, 7) is 7.41. The van der Waals surface area contributed by atoms with Crippen molar-refractivity contribution in [2.75, 3.05) is 0 Å². The number of benzene rings is 2. The zero-order valence-corrected chi connectivity index (χ0v) is 13.1. The molecule has 0 radical (unpaired) electrons. The Kier molecular flexibility index (Phi) is 6.44. The van der Waals surface area contributed by atoms with Crippen molar-refractivity contribution in [1.29, 1.82) is 0 Å². The van der Waals surface area contributed by atoms with Crippen molar-refractivity contribution < 1.29 is 12.6 Å². The molecule has 2 aromatic carbocycles. The first kappa shape index (κ1) is 18.7. The first-order valence-corrected chi connectivity index (χ1v) is 8.18. The van der Waals surface area contributed by atoms with Crippen LogP contribution in [-0.4, -0.2) is 44.1 Å². The van der Waals surface area contributed by atoms with Crippen molar-refractivity contribution in [3.05, 3.63) is 42.0 Å². The van der Waals surface area contributed by atoms with Gasteiger partial charge in [-0.15, -0.1) is 0 Å². The van der Waals surface area contributed by atoms with E-state index < -0.39 is 10.1 Å². The van der Waals surface area contributed by atoms with Crippen LogP contribution in [-0.2, 0) is 14.3 Å². The van der Waals surface area contributed by atoms with Crippen LogP contribution in [0.2, 0.25) is 0 Å². The molecule has 21 heavy (non-hydrogen) atoms. The second kappa shape index (κ2) is 7.25. The Morgan fingerprint density at radius 2 is 1.57 bits per heavy atom. The fourth-order valence-electron chi connectivity index (χ4n) is 2.29. The van der Waals surface area contributed by atoms with Gasteiger partial charge in [-0.2, -0.15) is 8.42 Å². The van der Waals surface area contributed by atoms with Crippen LogP contribution < -0.4 is 0 Å². The summed E-state index contributed by atoms with van der Waals surface area (Å²) in [7, 11) is -3.76. The molecule has 0 amide bonds. The minimum absolute atomic E-state index is 0. The molecule has 0 unspecified atom stereocenters. The van der Waals surface area contributed by atoms with E-state index in [2.05, 4.69) is 0 Å². The van der Waals surface area contributed by atoms with Crippen molar-refractivity contribution in [2.24, 2.45) is 0 Å². The molecule has 0 saturated carbocycles. The van der Waals surface area contributed by atoms with E-state index in [1.54, 1.807) is 13.8 Å². The molecule has 110 valence electrons. The van der Waals surface area contributed by atoms with Gasteiger partial charge in [0.05, 0.1) is 6.10 Å². The van der Waals surface area contributed by atoms with Gasteiger partial charge in [0.25, 0.3) is 10.1 Å². The molecule has 0 aliphatic rings. The van der Waals surface area contributed by atoms with E-state index in [0.717, 1.165) is 16.3 Å². The molecular formula is C16H21NaO3S. The van der Waals surface area contributed by atoms with Gasteiger partial charge >= 0.3 is 29.6 Å². The van der Waals surface area contributed by atoms with Crippen LogP contribution in [0.1, 0.15) is 39.2 Å². The number of hydrogen-bond donors (Lipinski definition) is 0. The second-order valence-electron chi connectivity index (χ2n) is 5.46. The van der Waals surface area contributed by atoms with Crippen molar-refractivity contribution >= 4 is 50.4 Å². The Labute approximate surface area is 149 Å². The maximum atomic E-state index is 12.6. The van der Waals surface area contributed by atoms with Crippen LogP contribution in [0.5, 0.6) is 0 Å². The SMILES string of the molecule is CC(C)OS(=O)(=O)c1c(C(C)C)ccc2ccccc12.[NaH]. The summed E-state index contributed by atoms with van der Waals surface area (Å²) in [5.41, 5.74) is 0.796. The molecule has 5 heteroatoms. The second-order valence-corrected chi connectivity index (χ2v) is 6.97. The molecule has 0 fully saturated rings. The van der Waals surface area contributed by atoms with E-state index in [-0.39, 0.29) is 41.6 Å². The molecule has 0 spiro atoms. The van der Waals surface area contributed by atoms with Gasteiger partial charge in [-0.1, -0.05) is 50.2 Å². The predicted octanol–water partition coefficient (Wildman–Crippen LogP) is 3.43. The van der Waals surface area contributed by atoms with Gasteiger partial charge in [-0.3, -0.25) is 4.18 Å². The van der Waals surface area contributed by atoms with Gasteiger partial charge in [0, 0.05) is 5.39 Å². The van der Waals surface area contributed by atoms with Crippen molar-refractivity contribution in [2.45, 2.75) is 44.6 Å². The third kappa shape index (κ3) is 4.08. The Hall–Kier alpha value is -0.390. The first-order chi connectivity index (χ1) is 9.33. The topological polar surface area (TPSA) is 43.4 Å². The normalized spacial score (nSPS) is 11.9. The molecule has 0 N–H and O–H groups in total. The van der Waals surface area contributed by atoms with E-state index in [1.165, 1.54) is 0 Å². The summed E-state index contributed by atoms with van der Waals surface area (Å²) in [4.78, 5) is 0.305. The van der Waals surface area contributed by atoms with Crippen molar-refractivity contribution in [3.8, 4) is 0 Å². The quantitative estimate of drug-likeness (QED) is 0.641. The van der Waals surface area contributed by atoms with Gasteiger partial charge in [-0.05, 0) is 30.7 Å². The fourth-order valence-corrected chi connectivity index (χ4v) is 3.95. The Morgan fingerprint density at radius 1 is 0.952 bits per heavy atom. The van der Waals surface area contributed by atoms with E-state index >= 15 is 0 Å². The van der Waals surface area contributed by atoms with Gasteiger partial charge in [-0.25, -0.2) is 0 Å². The molecule has 0 aliphatic heterocycles. The van der Waals surface area contributed by atoms with E-state index in [0.29, 0.717) is 4.90 Å². The molecule has 0 saturated heterocycles. The number of rotatable bonds is 4. The van der Waals surface area contributed by atoms with Crippen molar-refractivity contribution in [1.82, 2.24) is 0 Å². The molecule has 0 heterocycles. The van der Waals surface area contributed by atoms with Crippen LogP contribution in [0.4, 0.5) is 0 Å². The first-order valence-electron chi connectivity index (χ1n) is 6.78. The van der Waals surface area contributed by atoms with Crippen LogP contribution >= 0.6 is 0 Å². The maximum absolute atomic E-state index is 12.6. The van der Waals surface area contributed by atoms with Crippen LogP contribution in [0, 0.1) is 0 Å². The number of hydrogen-bond acceptors (Lipinski definition) is 3. The van der Waals surface area contributed by atoms with Gasteiger partial charge in [0.1, 0.15) is 4.90 Å². The fraction of sp³-hybridized carbons (Fsp3) is 0.375. The van der Waals surface area contributed by atoms with Gasteiger partial charge in [0.2, 0.25) is 0 Å². The summed E-state index contributed by atoms with van der Waals surface area (Å²) in [6, 6.07) is 11.3. The molecule has 2 aromatic rings. The molecule has 0 aliphatic carbocycles. The summed E-state index contributed by atoms with van der Waals surface area (Å²) >= 11 is 0. The third-order valence-electron chi connectivity index (χ3n) is 3.10. The van der Waals surface area contributed by atoms with Gasteiger partial charge < -0.3 is 0 Å².